The molecule has 1 atom stereocenters. The number of ether oxygens (including phenoxy) is 2. The molecule has 0 radical (unpaired) electrons. The quantitative estimate of drug-likeness (QED) is 0.125. The second kappa shape index (κ2) is 10.6. The van der Waals surface area contributed by atoms with Crippen LogP contribution in [-0.2, 0) is 9.59 Å². The van der Waals surface area contributed by atoms with Crippen LogP contribution < -0.4 is 14.4 Å². The number of carbonyl (C=O) groups is 2. The maximum Gasteiger partial charge on any atom is 0.301 e. The molecule has 1 aliphatic heterocycles. The highest BCUT2D eigenvalue weighted by molar-refractivity contribution is 7.22. The van der Waals surface area contributed by atoms with E-state index in [1.54, 1.807) is 55.6 Å². The molecule has 38 heavy (non-hydrogen) atoms. The van der Waals surface area contributed by atoms with Gasteiger partial charge in [0, 0.05) is 11.1 Å². The Morgan fingerprint density at radius 1 is 1.08 bits per heavy atom. The summed E-state index contributed by atoms with van der Waals surface area (Å²) in [6.45, 7) is 2.55. The molecular formula is C29H25FN2O5S. The lowest BCUT2D eigenvalue weighted by Crippen LogP contribution is -2.29. The molecule has 0 bridgehead atoms. The molecule has 1 fully saturated rings. The summed E-state index contributed by atoms with van der Waals surface area (Å²) in [5.41, 5.74) is 0.729. The van der Waals surface area contributed by atoms with Crippen molar-refractivity contribution in [2.75, 3.05) is 18.6 Å². The summed E-state index contributed by atoms with van der Waals surface area (Å²) in [6, 6.07) is 16.6. The third-order valence-electron chi connectivity index (χ3n) is 6.31. The number of anilines is 1. The minimum absolute atomic E-state index is 0.0698. The number of benzene rings is 3. The molecule has 0 aliphatic carbocycles. The van der Waals surface area contributed by atoms with Crippen LogP contribution in [0.3, 0.4) is 0 Å². The van der Waals surface area contributed by atoms with E-state index >= 15 is 4.39 Å². The highest BCUT2D eigenvalue weighted by Gasteiger charge is 2.49. The summed E-state index contributed by atoms with van der Waals surface area (Å²) < 4.78 is 26.9. The lowest BCUT2D eigenvalue weighted by Gasteiger charge is -2.23. The molecule has 1 saturated heterocycles. The number of nitrogens with zero attached hydrogens (tertiary/aromatic N) is 2. The van der Waals surface area contributed by atoms with Gasteiger partial charge in [-0.05, 0) is 42.8 Å². The molecule has 2 heterocycles. The van der Waals surface area contributed by atoms with Gasteiger partial charge in [-0.25, -0.2) is 9.37 Å². The summed E-state index contributed by atoms with van der Waals surface area (Å²) in [7, 11) is 1.55. The molecule has 5 rings (SSSR count). The first kappa shape index (κ1) is 25.4. The van der Waals surface area contributed by atoms with Crippen LogP contribution in [0.25, 0.3) is 16.0 Å². The van der Waals surface area contributed by atoms with Crippen molar-refractivity contribution in [2.24, 2.45) is 0 Å². The van der Waals surface area contributed by atoms with Gasteiger partial charge < -0.3 is 14.6 Å². The summed E-state index contributed by atoms with van der Waals surface area (Å²) in [5, 5.41) is 11.6. The van der Waals surface area contributed by atoms with E-state index in [4.69, 9.17) is 9.47 Å². The molecule has 9 heteroatoms. The van der Waals surface area contributed by atoms with Gasteiger partial charge in [-0.3, -0.25) is 14.5 Å². The van der Waals surface area contributed by atoms with E-state index in [0.29, 0.717) is 23.6 Å². The molecule has 7 nitrogen and oxygen atoms in total. The van der Waals surface area contributed by atoms with Crippen LogP contribution in [-0.4, -0.2) is 35.5 Å². The SMILES string of the molecule is CCCCOc1cccc(/C(O)=C2\C(=O)C(=O)N(c3nc4ccc(OC)cc4s3)C2c2ccccc2F)c1. The largest absolute Gasteiger partial charge is 0.507 e. The Morgan fingerprint density at radius 2 is 1.89 bits per heavy atom. The van der Waals surface area contributed by atoms with Crippen LogP contribution in [0.5, 0.6) is 11.5 Å². The number of amides is 1. The van der Waals surface area contributed by atoms with Crippen LogP contribution >= 0.6 is 11.3 Å². The molecule has 0 spiro atoms. The summed E-state index contributed by atoms with van der Waals surface area (Å²) in [5.74, 6) is -1.73. The standard InChI is InChI=1S/C29H25FN2O5S/c1-3-4-14-37-19-9-7-8-17(15-19)26(33)24-25(20-10-5-6-11-21(20)30)32(28(35)27(24)34)29-31-22-13-12-18(36-2)16-23(22)38-29/h5-13,15-16,25,33H,3-4,14H2,1-2H3/b26-24+. The van der Waals surface area contributed by atoms with Crippen molar-refractivity contribution in [3.05, 3.63) is 89.2 Å². The minimum Gasteiger partial charge on any atom is -0.507 e. The second-order valence-electron chi connectivity index (χ2n) is 8.75. The van der Waals surface area contributed by atoms with Gasteiger partial charge in [-0.2, -0.15) is 0 Å². The maximum absolute atomic E-state index is 15.2. The second-order valence-corrected chi connectivity index (χ2v) is 9.76. The summed E-state index contributed by atoms with van der Waals surface area (Å²) >= 11 is 1.17. The Morgan fingerprint density at radius 3 is 2.66 bits per heavy atom. The molecule has 0 saturated carbocycles. The zero-order chi connectivity index (χ0) is 26.8. The van der Waals surface area contributed by atoms with Crippen molar-refractivity contribution in [2.45, 2.75) is 25.8 Å². The Labute approximate surface area is 222 Å². The predicted molar refractivity (Wildman–Crippen MR) is 144 cm³/mol. The van der Waals surface area contributed by atoms with E-state index in [1.165, 1.54) is 29.5 Å². The number of aliphatic hydroxyl groups excluding tert-OH is 1. The van der Waals surface area contributed by atoms with Crippen molar-refractivity contribution in [1.29, 1.82) is 0 Å². The number of hydrogen-bond acceptors (Lipinski definition) is 7. The summed E-state index contributed by atoms with van der Waals surface area (Å²) in [4.78, 5) is 32.5. The third kappa shape index (κ3) is 4.61. The minimum atomic E-state index is -1.22. The highest BCUT2D eigenvalue weighted by Crippen LogP contribution is 2.45. The van der Waals surface area contributed by atoms with Gasteiger partial charge in [-0.1, -0.05) is 55.0 Å². The molecule has 1 N–H and O–H groups in total. The zero-order valence-corrected chi connectivity index (χ0v) is 21.6. The predicted octanol–water partition coefficient (Wildman–Crippen LogP) is 6.25. The van der Waals surface area contributed by atoms with E-state index in [9.17, 15) is 14.7 Å². The maximum atomic E-state index is 15.2. The lowest BCUT2D eigenvalue weighted by atomic mass is 9.95. The van der Waals surface area contributed by atoms with Crippen LogP contribution in [0, 0.1) is 5.82 Å². The number of hydrogen-bond donors (Lipinski definition) is 1. The van der Waals surface area contributed by atoms with Crippen molar-refractivity contribution >= 4 is 44.1 Å². The summed E-state index contributed by atoms with van der Waals surface area (Å²) in [6.07, 6.45) is 1.83. The average molecular weight is 533 g/mol. The molecule has 3 aromatic carbocycles. The van der Waals surface area contributed by atoms with Crippen LogP contribution in [0.1, 0.15) is 36.9 Å². The fourth-order valence-electron chi connectivity index (χ4n) is 4.37. The smallest absolute Gasteiger partial charge is 0.301 e. The monoisotopic (exact) mass is 532 g/mol. The van der Waals surface area contributed by atoms with Crippen molar-refractivity contribution in [3.63, 3.8) is 0 Å². The molecule has 4 aromatic rings. The van der Waals surface area contributed by atoms with Gasteiger partial charge in [0.1, 0.15) is 29.1 Å². The van der Waals surface area contributed by atoms with Crippen LogP contribution in [0.2, 0.25) is 0 Å². The number of unbranched alkanes of at least 4 members (excludes halogenated alkanes) is 1. The number of methoxy groups -OCH3 is 1. The molecular weight excluding hydrogens is 507 g/mol. The van der Waals surface area contributed by atoms with Gasteiger partial charge >= 0.3 is 5.91 Å². The zero-order valence-electron chi connectivity index (χ0n) is 20.8. The number of fused-ring (bicyclic) bond motifs is 1. The van der Waals surface area contributed by atoms with Gasteiger partial charge in [0.15, 0.2) is 5.13 Å². The number of thiazole rings is 1. The van der Waals surface area contributed by atoms with E-state index in [2.05, 4.69) is 11.9 Å². The number of aromatic nitrogens is 1. The van der Waals surface area contributed by atoms with Crippen LogP contribution in [0.4, 0.5) is 9.52 Å². The number of aliphatic hydroxyl groups is 1. The van der Waals surface area contributed by atoms with E-state index < -0.39 is 29.3 Å². The number of ketones is 1. The fraction of sp³-hybridized carbons (Fsp3) is 0.207. The number of Topliss-reactive ketones (excluding diaryl/α,β-unsaturated/α-hetero) is 1. The lowest BCUT2D eigenvalue weighted by molar-refractivity contribution is -0.132. The Bertz CT molecular complexity index is 1560. The number of halogens is 1. The van der Waals surface area contributed by atoms with E-state index in [1.807, 2.05) is 0 Å². The van der Waals surface area contributed by atoms with Gasteiger partial charge in [-0.15, -0.1) is 0 Å². The van der Waals surface area contributed by atoms with Crippen molar-refractivity contribution < 1.29 is 28.6 Å². The molecule has 1 unspecified atom stereocenters. The molecule has 1 amide bonds. The molecule has 1 aromatic heterocycles. The first-order valence-electron chi connectivity index (χ1n) is 12.2. The topological polar surface area (TPSA) is 89.0 Å². The highest BCUT2D eigenvalue weighted by atomic mass is 32.1. The molecule has 194 valence electrons. The Balaban J connectivity index is 1.66. The number of carbonyl (C=O) groups excluding carboxylic acids is 2. The fourth-order valence-corrected chi connectivity index (χ4v) is 5.39. The van der Waals surface area contributed by atoms with Crippen LogP contribution in [0.15, 0.2) is 72.3 Å². The Hall–Kier alpha value is -4.24. The molecule has 1 aliphatic rings. The third-order valence-corrected chi connectivity index (χ3v) is 7.33. The average Bonchev–Trinajstić information content (AvgIpc) is 3.46. The van der Waals surface area contributed by atoms with Crippen molar-refractivity contribution in [1.82, 2.24) is 4.98 Å². The first-order valence-corrected chi connectivity index (χ1v) is 13.0. The normalized spacial score (nSPS) is 16.8. The number of rotatable bonds is 8. The Kier molecular flexibility index (Phi) is 7.11. The van der Waals surface area contributed by atoms with Crippen molar-refractivity contribution in [3.8, 4) is 11.5 Å². The first-order chi connectivity index (χ1) is 18.4. The van der Waals surface area contributed by atoms with E-state index in [-0.39, 0.29) is 21.8 Å². The van der Waals surface area contributed by atoms with Gasteiger partial charge in [0.05, 0.1) is 29.5 Å². The van der Waals surface area contributed by atoms with Gasteiger partial charge in [0.2, 0.25) is 0 Å². The van der Waals surface area contributed by atoms with Gasteiger partial charge in [0.25, 0.3) is 5.78 Å². The van der Waals surface area contributed by atoms with E-state index in [0.717, 1.165) is 22.4 Å².